The standard InChI is InChI=1S/C12H6Br4N2O6S2.2Na/c13-7-1-5(25-24-23-19)2-8(14)11(7)17-18-12-9(15)3-6(4-10(12)16)26(20,21)22;;/h1-4,19H,(H,20,21,22);;/q;2*+1/p-2. The summed E-state index contributed by atoms with van der Waals surface area (Å²) >= 11 is 13.7. The average Bonchev–Trinajstić information content (AvgIpc) is 2.53. The molecule has 2 aromatic rings. The van der Waals surface area contributed by atoms with Crippen molar-refractivity contribution in [1.82, 2.24) is 0 Å². The van der Waals surface area contributed by atoms with Crippen LogP contribution in [-0.2, 0) is 19.5 Å². The van der Waals surface area contributed by atoms with Gasteiger partial charge in [-0.2, -0.15) is 4.33 Å². The molecular formula is C12H4Br4N2Na2O6S2. The number of hydrogen-bond acceptors (Lipinski definition) is 9. The van der Waals surface area contributed by atoms with Crippen LogP contribution in [0.5, 0.6) is 0 Å². The SMILES string of the molecule is O=S(=O)([O-])c1cc(Br)c(N=Nc2c(Br)cc(SOO[O-])cc2Br)c(Br)c1.[Na+].[Na+]. The Morgan fingerprint density at radius 3 is 1.61 bits per heavy atom. The van der Waals surface area contributed by atoms with Crippen LogP contribution < -0.4 is 64.4 Å². The van der Waals surface area contributed by atoms with Crippen molar-refractivity contribution in [3.63, 3.8) is 0 Å². The quantitative estimate of drug-likeness (QED) is 0.0975. The van der Waals surface area contributed by atoms with Crippen LogP contribution in [0.3, 0.4) is 0 Å². The number of benzene rings is 2. The summed E-state index contributed by atoms with van der Waals surface area (Å²) in [5.74, 6) is 0. The van der Waals surface area contributed by atoms with Crippen molar-refractivity contribution >= 4 is 97.3 Å². The second-order valence-electron chi connectivity index (χ2n) is 4.34. The minimum Gasteiger partial charge on any atom is -0.744 e. The van der Waals surface area contributed by atoms with Crippen LogP contribution >= 0.6 is 75.8 Å². The fourth-order valence-corrected chi connectivity index (χ4v) is 5.88. The second-order valence-corrected chi connectivity index (χ2v) is 9.92. The molecule has 0 aliphatic rings. The van der Waals surface area contributed by atoms with Gasteiger partial charge in [-0.3, -0.25) is 5.04 Å². The van der Waals surface area contributed by atoms with Gasteiger partial charge in [0.05, 0.1) is 16.9 Å². The molecule has 0 spiro atoms. The molecule has 0 N–H and O–H groups in total. The van der Waals surface area contributed by atoms with Gasteiger partial charge in [0.25, 0.3) is 0 Å². The molecule has 0 atom stereocenters. The topological polar surface area (TPSA) is 123 Å². The third-order valence-corrected chi connectivity index (χ3v) is 6.46. The first-order valence-electron chi connectivity index (χ1n) is 6.12. The number of nitrogens with zero attached hydrogens (tertiary/aromatic N) is 2. The van der Waals surface area contributed by atoms with E-state index < -0.39 is 15.0 Å². The van der Waals surface area contributed by atoms with Gasteiger partial charge in [0.1, 0.15) is 21.5 Å². The third kappa shape index (κ3) is 8.56. The normalized spacial score (nSPS) is 11.2. The molecule has 0 aliphatic carbocycles. The van der Waals surface area contributed by atoms with Crippen molar-refractivity contribution in [3.05, 3.63) is 42.2 Å². The predicted octanol–water partition coefficient (Wildman–Crippen LogP) is -0.705. The molecule has 0 aromatic heterocycles. The predicted molar refractivity (Wildman–Crippen MR) is 104 cm³/mol. The first kappa shape index (κ1) is 30.1. The molecule has 0 amide bonds. The van der Waals surface area contributed by atoms with Crippen LogP contribution in [0.1, 0.15) is 0 Å². The van der Waals surface area contributed by atoms with Gasteiger partial charge in [0, 0.05) is 22.8 Å². The van der Waals surface area contributed by atoms with Crippen molar-refractivity contribution in [2.75, 3.05) is 0 Å². The third-order valence-electron chi connectivity index (χ3n) is 2.68. The first-order chi connectivity index (χ1) is 12.1. The fraction of sp³-hybridized carbons (Fsp3) is 0. The first-order valence-corrected chi connectivity index (χ1v) is 11.4. The van der Waals surface area contributed by atoms with Gasteiger partial charge in [-0.15, -0.1) is 10.2 Å². The van der Waals surface area contributed by atoms with Crippen LogP contribution in [0.25, 0.3) is 0 Å². The Morgan fingerprint density at radius 2 is 1.25 bits per heavy atom. The Balaban J connectivity index is 0.00000364. The summed E-state index contributed by atoms with van der Waals surface area (Å²) in [5, 5.41) is 21.4. The smallest absolute Gasteiger partial charge is 0.744 e. The number of azo groups is 1. The van der Waals surface area contributed by atoms with Crippen LogP contribution in [-0.4, -0.2) is 13.0 Å². The summed E-state index contributed by atoms with van der Waals surface area (Å²) in [6.45, 7) is 0. The monoisotopic (exact) mass is 698 g/mol. The van der Waals surface area contributed by atoms with E-state index in [1.807, 2.05) is 0 Å². The molecule has 0 unspecified atom stereocenters. The van der Waals surface area contributed by atoms with E-state index in [0.717, 1.165) is 12.1 Å². The summed E-state index contributed by atoms with van der Waals surface area (Å²) in [5.41, 5.74) is 0.717. The zero-order valence-corrected chi connectivity index (χ0v) is 26.0. The maximum absolute atomic E-state index is 11.1. The Morgan fingerprint density at radius 1 is 0.857 bits per heavy atom. The van der Waals surface area contributed by atoms with Crippen molar-refractivity contribution in [2.45, 2.75) is 9.79 Å². The van der Waals surface area contributed by atoms with E-state index in [4.69, 9.17) is 0 Å². The molecule has 0 saturated carbocycles. The molecule has 140 valence electrons. The van der Waals surface area contributed by atoms with Crippen molar-refractivity contribution in [3.8, 4) is 0 Å². The Labute approximate surface area is 242 Å². The van der Waals surface area contributed by atoms with Crippen molar-refractivity contribution < 1.29 is 86.7 Å². The minimum atomic E-state index is -4.60. The maximum Gasteiger partial charge on any atom is 1.00 e. The zero-order chi connectivity index (χ0) is 19.5. The number of rotatable bonds is 6. The molecule has 2 rings (SSSR count). The van der Waals surface area contributed by atoms with E-state index in [-0.39, 0.29) is 73.7 Å². The Hall–Kier alpha value is 2.10. The van der Waals surface area contributed by atoms with E-state index in [1.165, 1.54) is 0 Å². The van der Waals surface area contributed by atoms with Crippen LogP contribution in [0, 0.1) is 0 Å². The molecule has 16 heteroatoms. The summed E-state index contributed by atoms with van der Waals surface area (Å²) in [6.07, 6.45) is 0. The van der Waals surface area contributed by atoms with E-state index in [1.54, 1.807) is 12.1 Å². The number of halogens is 4. The van der Waals surface area contributed by atoms with Gasteiger partial charge >= 0.3 is 59.1 Å². The molecule has 0 heterocycles. The summed E-state index contributed by atoms with van der Waals surface area (Å²) in [4.78, 5) is 0.158. The molecule has 0 radical (unpaired) electrons. The van der Waals surface area contributed by atoms with Gasteiger partial charge in [0.2, 0.25) is 0 Å². The van der Waals surface area contributed by atoms with Gasteiger partial charge in [-0.25, -0.2) is 8.42 Å². The van der Waals surface area contributed by atoms with E-state index >= 15 is 0 Å². The molecular weight excluding hydrogens is 698 g/mol. The summed E-state index contributed by atoms with van der Waals surface area (Å²) in [6, 6.07) is 5.54. The van der Waals surface area contributed by atoms with E-state index in [9.17, 15) is 18.2 Å². The Kier molecular flexibility index (Phi) is 14.6. The van der Waals surface area contributed by atoms with Crippen molar-refractivity contribution in [2.24, 2.45) is 10.2 Å². The molecule has 0 fully saturated rings. The second kappa shape index (κ2) is 13.6. The minimum absolute atomic E-state index is 0. The van der Waals surface area contributed by atoms with Crippen molar-refractivity contribution in [1.29, 1.82) is 0 Å². The Bertz CT molecular complexity index is 935. The van der Waals surface area contributed by atoms with Gasteiger partial charge < -0.3 is 9.81 Å². The zero-order valence-electron chi connectivity index (χ0n) is 14.0. The maximum atomic E-state index is 11.1. The van der Waals surface area contributed by atoms with E-state index in [2.05, 4.69) is 83.3 Å². The van der Waals surface area contributed by atoms with E-state index in [0.29, 0.717) is 31.6 Å². The summed E-state index contributed by atoms with van der Waals surface area (Å²) < 4.78 is 39.2. The molecule has 8 nitrogen and oxygen atoms in total. The molecule has 2 aromatic carbocycles. The number of hydrogen-bond donors (Lipinski definition) is 0. The van der Waals surface area contributed by atoms with Gasteiger partial charge in [-0.05, 0) is 88.0 Å². The van der Waals surface area contributed by atoms with Gasteiger partial charge in [-0.1, -0.05) is 0 Å². The average molecular weight is 702 g/mol. The largest absolute Gasteiger partial charge is 1.00 e. The van der Waals surface area contributed by atoms with Crippen LogP contribution in [0.4, 0.5) is 11.4 Å². The molecule has 0 bridgehead atoms. The van der Waals surface area contributed by atoms with Crippen LogP contribution in [0.15, 0.2) is 62.2 Å². The fourth-order valence-electron chi connectivity index (χ4n) is 1.62. The molecule has 28 heavy (non-hydrogen) atoms. The van der Waals surface area contributed by atoms with Gasteiger partial charge in [0.15, 0.2) is 0 Å². The summed E-state index contributed by atoms with van der Waals surface area (Å²) in [7, 11) is -4.60. The van der Waals surface area contributed by atoms with Crippen LogP contribution in [0.2, 0.25) is 0 Å². The molecule has 0 saturated heterocycles. The molecule has 0 aliphatic heterocycles.